The maximum atomic E-state index is 13.1. The highest BCUT2D eigenvalue weighted by Gasteiger charge is 2.63. The van der Waals surface area contributed by atoms with E-state index in [0.717, 1.165) is 6.07 Å². The summed E-state index contributed by atoms with van der Waals surface area (Å²) in [5.74, 6) is -3.68. The SMILES string of the molecule is O=C(CN1CCOCC1)Nc1cccc([C@@H]2C[C@]2(NS(=O)(=O)c2ccc(-c3cc(C(F)(F)F)on3)s2)C(=O)O)c1. The summed E-state index contributed by atoms with van der Waals surface area (Å²) < 4.78 is 76.2. The first-order valence-corrected chi connectivity index (χ1v) is 14.3. The molecule has 2 aromatic heterocycles. The van der Waals surface area contributed by atoms with E-state index >= 15 is 0 Å². The number of carboxylic acids is 1. The molecule has 1 aliphatic heterocycles. The molecule has 0 unspecified atom stereocenters. The number of anilines is 1. The van der Waals surface area contributed by atoms with Crippen molar-refractivity contribution in [3.8, 4) is 10.6 Å². The molecule has 214 valence electrons. The largest absolute Gasteiger partial charge is 0.480 e. The van der Waals surface area contributed by atoms with E-state index in [-0.39, 0.29) is 33.7 Å². The quantitative estimate of drug-likeness (QED) is 0.337. The van der Waals surface area contributed by atoms with Gasteiger partial charge in [0.2, 0.25) is 11.7 Å². The van der Waals surface area contributed by atoms with Crippen LogP contribution in [0.3, 0.4) is 0 Å². The molecule has 0 bridgehead atoms. The highest BCUT2D eigenvalue weighted by molar-refractivity contribution is 7.91. The Labute approximate surface area is 230 Å². The molecule has 1 saturated carbocycles. The van der Waals surface area contributed by atoms with Gasteiger partial charge in [0.15, 0.2) is 0 Å². The van der Waals surface area contributed by atoms with Crippen molar-refractivity contribution in [2.45, 2.75) is 28.3 Å². The molecule has 11 nitrogen and oxygen atoms in total. The molecular weight excluding hydrogens is 577 g/mol. The first-order valence-electron chi connectivity index (χ1n) is 12.0. The summed E-state index contributed by atoms with van der Waals surface area (Å²) in [6.45, 7) is 2.53. The molecule has 0 radical (unpaired) electrons. The van der Waals surface area contributed by atoms with Crippen LogP contribution in [0, 0.1) is 0 Å². The normalized spacial score (nSPS) is 21.7. The molecule has 2 fully saturated rings. The minimum absolute atomic E-state index is 0.0385. The summed E-state index contributed by atoms with van der Waals surface area (Å²) in [5.41, 5.74) is -1.08. The third kappa shape index (κ3) is 5.90. The van der Waals surface area contributed by atoms with E-state index in [1.165, 1.54) is 6.07 Å². The number of amides is 1. The Bertz CT molecular complexity index is 1530. The number of aliphatic carboxylic acids is 1. The van der Waals surface area contributed by atoms with Gasteiger partial charge in [0.1, 0.15) is 15.4 Å². The van der Waals surface area contributed by atoms with Crippen molar-refractivity contribution in [1.29, 1.82) is 0 Å². The molecule has 3 heterocycles. The van der Waals surface area contributed by atoms with E-state index in [2.05, 4.69) is 19.7 Å². The number of ether oxygens (including phenoxy) is 1. The predicted octanol–water partition coefficient (Wildman–Crippen LogP) is 2.98. The van der Waals surface area contributed by atoms with E-state index in [1.54, 1.807) is 24.3 Å². The third-order valence-electron chi connectivity index (χ3n) is 6.59. The summed E-state index contributed by atoms with van der Waals surface area (Å²) in [5, 5.41) is 16.1. The highest BCUT2D eigenvalue weighted by atomic mass is 32.2. The molecule has 0 spiro atoms. The number of hydrogen-bond acceptors (Lipinski definition) is 9. The maximum absolute atomic E-state index is 13.1. The first kappa shape index (κ1) is 28.2. The number of rotatable bonds is 9. The molecule has 40 heavy (non-hydrogen) atoms. The lowest BCUT2D eigenvalue weighted by Crippen LogP contribution is -2.44. The fourth-order valence-electron chi connectivity index (χ4n) is 4.47. The van der Waals surface area contributed by atoms with E-state index in [0.29, 0.717) is 55.0 Å². The first-order chi connectivity index (χ1) is 18.9. The molecule has 1 aliphatic carbocycles. The second-order valence-electron chi connectivity index (χ2n) is 9.39. The van der Waals surface area contributed by atoms with Crippen molar-refractivity contribution < 1.29 is 45.5 Å². The highest BCUT2D eigenvalue weighted by Crippen LogP contribution is 2.53. The number of nitrogens with zero attached hydrogens (tertiary/aromatic N) is 2. The second-order valence-corrected chi connectivity index (χ2v) is 12.4. The number of benzene rings is 1. The molecule has 1 saturated heterocycles. The van der Waals surface area contributed by atoms with Gasteiger partial charge in [0.25, 0.3) is 10.0 Å². The molecule has 16 heteroatoms. The van der Waals surface area contributed by atoms with Crippen LogP contribution in [0.15, 0.2) is 51.2 Å². The lowest BCUT2D eigenvalue weighted by atomic mass is 10.1. The van der Waals surface area contributed by atoms with Gasteiger partial charge in [0, 0.05) is 30.8 Å². The van der Waals surface area contributed by atoms with E-state index < -0.39 is 39.4 Å². The Balaban J connectivity index is 1.29. The van der Waals surface area contributed by atoms with Crippen LogP contribution in [-0.4, -0.2) is 73.8 Å². The van der Waals surface area contributed by atoms with Gasteiger partial charge in [-0.25, -0.2) is 8.42 Å². The Morgan fingerprint density at radius 3 is 2.60 bits per heavy atom. The zero-order chi connectivity index (χ0) is 28.7. The van der Waals surface area contributed by atoms with Crippen LogP contribution in [0.2, 0.25) is 0 Å². The number of carboxylic acid groups (broad SMARTS) is 1. The summed E-state index contributed by atoms with van der Waals surface area (Å²) in [6.07, 6.45) is -4.79. The summed E-state index contributed by atoms with van der Waals surface area (Å²) in [4.78, 5) is 26.8. The van der Waals surface area contributed by atoms with Crippen molar-refractivity contribution in [1.82, 2.24) is 14.8 Å². The van der Waals surface area contributed by atoms with Crippen molar-refractivity contribution in [2.75, 3.05) is 38.2 Å². The monoisotopic (exact) mass is 600 g/mol. The van der Waals surface area contributed by atoms with Gasteiger partial charge in [-0.05, 0) is 36.2 Å². The average molecular weight is 601 g/mol. The fraction of sp³-hybridized carbons (Fsp3) is 0.375. The van der Waals surface area contributed by atoms with Crippen LogP contribution in [0.5, 0.6) is 0 Å². The molecule has 1 amide bonds. The Morgan fingerprint density at radius 2 is 1.93 bits per heavy atom. The number of hydrogen-bond donors (Lipinski definition) is 3. The lowest BCUT2D eigenvalue weighted by Gasteiger charge is -2.25. The second kappa shape index (κ2) is 10.6. The fourth-order valence-corrected chi connectivity index (χ4v) is 7.13. The number of thiophene rings is 1. The van der Waals surface area contributed by atoms with Crippen molar-refractivity contribution in [2.24, 2.45) is 0 Å². The topological polar surface area (TPSA) is 151 Å². The minimum atomic E-state index is -4.75. The zero-order valence-corrected chi connectivity index (χ0v) is 22.2. The Hall–Kier alpha value is -3.31. The molecular formula is C24H23F3N4O7S2. The number of carbonyl (C=O) groups excluding carboxylic acids is 1. The lowest BCUT2D eigenvalue weighted by molar-refractivity contribution is -0.155. The van der Waals surface area contributed by atoms with E-state index in [9.17, 15) is 36.3 Å². The van der Waals surface area contributed by atoms with Crippen LogP contribution in [0.4, 0.5) is 18.9 Å². The Morgan fingerprint density at radius 1 is 1.18 bits per heavy atom. The summed E-state index contributed by atoms with van der Waals surface area (Å²) in [6, 6.07) is 9.60. The van der Waals surface area contributed by atoms with Gasteiger partial charge < -0.3 is 19.7 Å². The standard InChI is InChI=1S/C24H23F3N4O7S2/c25-24(26,27)19-11-17(29-38-19)18-4-5-21(39-18)40(35,36)30-23(22(33)34)12-16(23)14-2-1-3-15(10-14)28-20(32)13-31-6-8-37-9-7-31/h1-5,10-11,16,30H,6-9,12-13H2,(H,28,32)(H,33,34)/t16-,23+/m0/s1. The van der Waals surface area contributed by atoms with Crippen LogP contribution >= 0.6 is 11.3 Å². The molecule has 1 aromatic carbocycles. The number of morpholine rings is 1. The van der Waals surface area contributed by atoms with Crippen molar-refractivity contribution >= 4 is 38.9 Å². The van der Waals surface area contributed by atoms with Crippen LogP contribution in [-0.2, 0) is 30.5 Å². The van der Waals surface area contributed by atoms with Crippen LogP contribution in [0.25, 0.3) is 10.6 Å². The van der Waals surface area contributed by atoms with E-state index in [4.69, 9.17) is 4.74 Å². The number of aromatic nitrogens is 1. The maximum Gasteiger partial charge on any atom is 0.452 e. The smallest absolute Gasteiger partial charge is 0.452 e. The third-order valence-corrected chi connectivity index (χ3v) is 9.70. The Kier molecular flexibility index (Phi) is 7.47. The summed E-state index contributed by atoms with van der Waals surface area (Å²) >= 11 is 0.625. The van der Waals surface area contributed by atoms with Gasteiger partial charge >= 0.3 is 12.1 Å². The number of carbonyl (C=O) groups is 2. The van der Waals surface area contributed by atoms with Gasteiger partial charge in [-0.15, -0.1) is 11.3 Å². The molecule has 2 aliphatic rings. The minimum Gasteiger partial charge on any atom is -0.480 e. The number of nitrogens with one attached hydrogen (secondary N) is 2. The number of halogens is 3. The van der Waals surface area contributed by atoms with Crippen molar-refractivity contribution in [3.05, 3.63) is 53.8 Å². The van der Waals surface area contributed by atoms with Gasteiger partial charge in [-0.3, -0.25) is 14.5 Å². The number of sulfonamides is 1. The molecule has 2 atom stereocenters. The zero-order valence-electron chi connectivity index (χ0n) is 20.6. The van der Waals surface area contributed by atoms with Gasteiger partial charge in [0.05, 0.1) is 24.6 Å². The average Bonchev–Trinajstić information content (AvgIpc) is 3.24. The van der Waals surface area contributed by atoms with Gasteiger partial charge in [-0.1, -0.05) is 17.3 Å². The summed E-state index contributed by atoms with van der Waals surface area (Å²) in [7, 11) is -4.37. The molecule has 5 rings (SSSR count). The molecule has 3 N–H and O–H groups in total. The molecule has 3 aromatic rings. The van der Waals surface area contributed by atoms with Crippen molar-refractivity contribution in [3.63, 3.8) is 0 Å². The predicted molar refractivity (Wildman–Crippen MR) is 135 cm³/mol. The number of alkyl halides is 3. The van der Waals surface area contributed by atoms with E-state index in [1.807, 2.05) is 4.90 Å². The van der Waals surface area contributed by atoms with Crippen LogP contribution in [0.1, 0.15) is 23.7 Å². The van der Waals surface area contributed by atoms with Gasteiger partial charge in [-0.2, -0.15) is 17.9 Å². The van der Waals surface area contributed by atoms with Crippen LogP contribution < -0.4 is 10.0 Å².